The molecule has 2 N–H and O–H groups in total. The molecule has 0 unspecified atom stereocenters. The second-order valence-electron chi connectivity index (χ2n) is 7.88. The highest BCUT2D eigenvalue weighted by Gasteiger charge is 2.25. The molecule has 2 atom stereocenters. The third-order valence-electron chi connectivity index (χ3n) is 5.07. The van der Waals surface area contributed by atoms with Gasteiger partial charge in [0.15, 0.2) is 6.10 Å². The number of carbonyl (C=O) groups is 2. The number of nitrogens with one attached hydrogen (secondary N) is 2. The Balaban J connectivity index is 1.65. The zero-order chi connectivity index (χ0) is 26.6. The normalized spacial score (nSPS) is 12.3. The van der Waals surface area contributed by atoms with E-state index in [1.54, 1.807) is 43.3 Å². The first kappa shape index (κ1) is 27.6. The number of rotatable bonds is 11. The van der Waals surface area contributed by atoms with Crippen molar-refractivity contribution in [2.24, 2.45) is 5.10 Å². The summed E-state index contributed by atoms with van der Waals surface area (Å²) in [5.41, 5.74) is 4.09. The minimum absolute atomic E-state index is 0.175. The van der Waals surface area contributed by atoms with E-state index in [1.807, 2.05) is 30.3 Å². The van der Waals surface area contributed by atoms with Gasteiger partial charge in [0.2, 0.25) is 0 Å². The number of carbonyl (C=O) groups excluding carboxylic acids is 2. The van der Waals surface area contributed by atoms with Crippen LogP contribution in [0.15, 0.2) is 77.9 Å². The van der Waals surface area contributed by atoms with Crippen LogP contribution in [0.2, 0.25) is 10.0 Å². The van der Waals surface area contributed by atoms with E-state index in [9.17, 15) is 9.59 Å². The fourth-order valence-corrected chi connectivity index (χ4v) is 3.64. The Labute approximate surface area is 225 Å². The van der Waals surface area contributed by atoms with Crippen LogP contribution in [0, 0.1) is 12.3 Å². The highest BCUT2D eigenvalue weighted by molar-refractivity contribution is 6.35. The Morgan fingerprint density at radius 2 is 1.78 bits per heavy atom. The average molecular weight is 538 g/mol. The molecule has 0 saturated carbocycles. The van der Waals surface area contributed by atoms with Gasteiger partial charge in [0.25, 0.3) is 11.8 Å². The average Bonchev–Trinajstić information content (AvgIpc) is 2.89. The van der Waals surface area contributed by atoms with Gasteiger partial charge in [-0.3, -0.25) is 9.59 Å². The van der Waals surface area contributed by atoms with E-state index >= 15 is 0 Å². The number of ether oxygens (including phenoxy) is 2. The maximum absolute atomic E-state index is 13.0. The SMILES string of the molecule is C#CCOc1ccc(/C=N\NC(=O)[C@@H](Cc2ccccc2)NC(=O)[C@@H](C)Oc2ccc(Cl)cc2Cl)cc1. The summed E-state index contributed by atoms with van der Waals surface area (Å²) in [6.45, 7) is 1.74. The number of hydrogen-bond donors (Lipinski definition) is 2. The Morgan fingerprint density at radius 1 is 1.05 bits per heavy atom. The minimum atomic E-state index is -0.927. The molecule has 0 aliphatic rings. The maximum atomic E-state index is 13.0. The van der Waals surface area contributed by atoms with Gasteiger partial charge in [0.1, 0.15) is 24.1 Å². The van der Waals surface area contributed by atoms with Crippen molar-refractivity contribution in [1.29, 1.82) is 0 Å². The number of benzene rings is 3. The molecular formula is C28H25Cl2N3O4. The van der Waals surface area contributed by atoms with Crippen LogP contribution in [-0.2, 0) is 16.0 Å². The molecule has 0 aliphatic heterocycles. The fourth-order valence-electron chi connectivity index (χ4n) is 3.19. The van der Waals surface area contributed by atoms with Gasteiger partial charge < -0.3 is 14.8 Å². The summed E-state index contributed by atoms with van der Waals surface area (Å²) < 4.78 is 11.0. The topological polar surface area (TPSA) is 89.0 Å². The van der Waals surface area contributed by atoms with E-state index in [4.69, 9.17) is 39.1 Å². The number of nitrogens with zero attached hydrogens (tertiary/aromatic N) is 1. The molecule has 3 aromatic rings. The largest absolute Gasteiger partial charge is 0.481 e. The van der Waals surface area contributed by atoms with Crippen LogP contribution in [0.25, 0.3) is 0 Å². The van der Waals surface area contributed by atoms with Gasteiger partial charge in [-0.2, -0.15) is 5.10 Å². The summed E-state index contributed by atoms with van der Waals surface area (Å²) in [5.74, 6) is 2.35. The van der Waals surface area contributed by atoms with Crippen LogP contribution in [-0.4, -0.2) is 36.8 Å². The molecule has 0 fully saturated rings. The van der Waals surface area contributed by atoms with Crippen LogP contribution in [0.4, 0.5) is 0 Å². The molecule has 0 saturated heterocycles. The third-order valence-corrected chi connectivity index (χ3v) is 5.60. The number of amides is 2. The van der Waals surface area contributed by atoms with Crippen LogP contribution in [0.5, 0.6) is 11.5 Å². The lowest BCUT2D eigenvalue weighted by Gasteiger charge is -2.21. The minimum Gasteiger partial charge on any atom is -0.481 e. The molecule has 0 heterocycles. The first-order valence-corrected chi connectivity index (χ1v) is 12.1. The van der Waals surface area contributed by atoms with Crippen molar-refractivity contribution in [3.8, 4) is 23.8 Å². The van der Waals surface area contributed by atoms with Crippen molar-refractivity contribution in [1.82, 2.24) is 10.7 Å². The van der Waals surface area contributed by atoms with E-state index in [1.165, 1.54) is 12.3 Å². The quantitative estimate of drug-likeness (QED) is 0.211. The Bertz CT molecular complexity index is 1270. The van der Waals surface area contributed by atoms with E-state index in [2.05, 4.69) is 21.8 Å². The molecule has 0 aliphatic carbocycles. The molecule has 2 amide bonds. The first-order chi connectivity index (χ1) is 17.9. The van der Waals surface area contributed by atoms with Crippen LogP contribution < -0.4 is 20.2 Å². The standard InChI is InChI=1S/C28H25Cl2N3O4/c1-3-15-36-23-12-9-21(10-13-23)18-31-33-28(35)25(16-20-7-5-4-6-8-20)32-27(34)19(2)37-26-14-11-22(29)17-24(26)30/h1,4-14,17-19,25H,15-16H2,2H3,(H,32,34)(H,33,35)/b31-18-/t19-,25-/m1/s1. The van der Waals surface area contributed by atoms with Gasteiger partial charge in [-0.1, -0.05) is 59.5 Å². The molecule has 3 rings (SSSR count). The molecule has 37 heavy (non-hydrogen) atoms. The van der Waals surface area contributed by atoms with Gasteiger partial charge in [-0.15, -0.1) is 6.42 Å². The molecule has 0 aromatic heterocycles. The first-order valence-electron chi connectivity index (χ1n) is 11.3. The number of halogens is 2. The van der Waals surface area contributed by atoms with Gasteiger partial charge in [-0.05, 0) is 60.5 Å². The molecule has 7 nitrogen and oxygen atoms in total. The van der Waals surface area contributed by atoms with Crippen LogP contribution in [0.3, 0.4) is 0 Å². The molecule has 0 radical (unpaired) electrons. The smallest absolute Gasteiger partial charge is 0.262 e. The molecule has 3 aromatic carbocycles. The summed E-state index contributed by atoms with van der Waals surface area (Å²) in [6.07, 6.45) is 6.00. The lowest BCUT2D eigenvalue weighted by Crippen LogP contribution is -2.50. The van der Waals surface area contributed by atoms with Gasteiger partial charge >= 0.3 is 0 Å². The third kappa shape index (κ3) is 8.87. The van der Waals surface area contributed by atoms with Gasteiger partial charge in [0.05, 0.1) is 11.2 Å². The van der Waals surface area contributed by atoms with Crippen LogP contribution >= 0.6 is 23.2 Å². The summed E-state index contributed by atoms with van der Waals surface area (Å²) >= 11 is 12.1. The molecule has 9 heteroatoms. The number of hydrogen-bond acceptors (Lipinski definition) is 5. The van der Waals surface area contributed by atoms with E-state index in [0.717, 1.165) is 11.1 Å². The molecule has 190 valence electrons. The monoisotopic (exact) mass is 537 g/mol. The Hall–Kier alpha value is -3.99. The summed E-state index contributed by atoms with van der Waals surface area (Å²) in [5, 5.41) is 7.49. The van der Waals surface area contributed by atoms with Crippen LogP contribution in [0.1, 0.15) is 18.1 Å². The summed E-state index contributed by atoms with van der Waals surface area (Å²) in [4.78, 5) is 25.8. The lowest BCUT2D eigenvalue weighted by atomic mass is 10.1. The summed E-state index contributed by atoms with van der Waals surface area (Å²) in [6, 6.07) is 20.1. The van der Waals surface area contributed by atoms with Crippen molar-refractivity contribution < 1.29 is 19.1 Å². The van der Waals surface area contributed by atoms with Gasteiger partial charge in [-0.25, -0.2) is 5.43 Å². The summed E-state index contributed by atoms with van der Waals surface area (Å²) in [7, 11) is 0. The molecular weight excluding hydrogens is 513 g/mol. The second-order valence-corrected chi connectivity index (χ2v) is 8.73. The van der Waals surface area contributed by atoms with Crippen molar-refractivity contribution in [3.05, 3.63) is 94.0 Å². The van der Waals surface area contributed by atoms with Crippen molar-refractivity contribution in [2.45, 2.75) is 25.5 Å². The van der Waals surface area contributed by atoms with E-state index in [0.29, 0.717) is 16.5 Å². The molecule has 0 bridgehead atoms. The van der Waals surface area contributed by atoms with E-state index < -0.39 is 24.0 Å². The van der Waals surface area contributed by atoms with Crippen molar-refractivity contribution >= 4 is 41.2 Å². The highest BCUT2D eigenvalue weighted by atomic mass is 35.5. The molecule has 0 spiro atoms. The van der Waals surface area contributed by atoms with Crippen molar-refractivity contribution in [2.75, 3.05) is 6.61 Å². The van der Waals surface area contributed by atoms with Gasteiger partial charge in [0, 0.05) is 11.4 Å². The predicted octanol–water partition coefficient (Wildman–Crippen LogP) is 4.65. The Morgan fingerprint density at radius 3 is 2.46 bits per heavy atom. The van der Waals surface area contributed by atoms with Crippen molar-refractivity contribution in [3.63, 3.8) is 0 Å². The number of terminal acetylenes is 1. The fraction of sp³-hybridized carbons (Fsp3) is 0.179. The predicted molar refractivity (Wildman–Crippen MR) is 145 cm³/mol. The zero-order valence-corrected chi connectivity index (χ0v) is 21.5. The Kier molecular flexibility index (Phi) is 10.4. The second kappa shape index (κ2) is 13.9. The maximum Gasteiger partial charge on any atom is 0.262 e. The lowest BCUT2D eigenvalue weighted by molar-refractivity contribution is -0.132. The number of hydrazone groups is 1. The van der Waals surface area contributed by atoms with E-state index in [-0.39, 0.29) is 18.1 Å². The highest BCUT2D eigenvalue weighted by Crippen LogP contribution is 2.28. The zero-order valence-electron chi connectivity index (χ0n) is 20.0.